The molecule has 38 heavy (non-hydrogen) atoms. The largest absolute Gasteiger partial charge is 0.491 e. The van der Waals surface area contributed by atoms with Crippen molar-refractivity contribution in [1.82, 2.24) is 9.97 Å². The van der Waals surface area contributed by atoms with Crippen molar-refractivity contribution in [1.29, 1.82) is 10.5 Å². The first-order valence-electron chi connectivity index (χ1n) is 11.5. The molecule has 0 bridgehead atoms. The molecule has 0 saturated carbocycles. The molecule has 2 aromatic heterocycles. The summed E-state index contributed by atoms with van der Waals surface area (Å²) in [6.45, 7) is 1.56. The van der Waals surface area contributed by atoms with Crippen molar-refractivity contribution in [2.24, 2.45) is 0 Å². The number of nitriles is 2. The lowest BCUT2D eigenvalue weighted by Crippen LogP contribution is -2.21. The molecule has 0 aliphatic rings. The number of benzene rings is 2. The summed E-state index contributed by atoms with van der Waals surface area (Å²) >= 11 is 2.81. The molecule has 0 saturated heterocycles. The minimum absolute atomic E-state index is 0.0375. The quantitative estimate of drug-likeness (QED) is 0.208. The summed E-state index contributed by atoms with van der Waals surface area (Å²) in [6, 6.07) is 19.0. The van der Waals surface area contributed by atoms with Gasteiger partial charge in [-0.25, -0.2) is 9.97 Å². The second kappa shape index (κ2) is 12.4. The number of aryl methyl sites for hydroxylation is 1. The Labute approximate surface area is 228 Å². The van der Waals surface area contributed by atoms with Crippen LogP contribution >= 0.6 is 23.1 Å². The molecule has 2 heterocycles. The average molecular weight is 545 g/mol. The third kappa shape index (κ3) is 6.40. The number of aromatic nitrogens is 2. The van der Waals surface area contributed by atoms with Crippen molar-refractivity contribution in [3.8, 4) is 29.0 Å². The predicted octanol–water partition coefficient (Wildman–Crippen LogP) is 4.61. The minimum Gasteiger partial charge on any atom is -0.491 e. The Kier molecular flexibility index (Phi) is 8.79. The van der Waals surface area contributed by atoms with Crippen LogP contribution in [0.1, 0.15) is 22.4 Å². The van der Waals surface area contributed by atoms with Gasteiger partial charge in [-0.3, -0.25) is 0 Å². The number of rotatable bonds is 10. The molecule has 0 radical (unpaired) electrons. The first-order valence-corrected chi connectivity index (χ1v) is 13.3. The highest BCUT2D eigenvalue weighted by Crippen LogP contribution is 2.37. The Bertz CT molecular complexity index is 1510. The van der Waals surface area contributed by atoms with E-state index in [1.54, 1.807) is 24.3 Å². The summed E-state index contributed by atoms with van der Waals surface area (Å²) in [7, 11) is 0. The number of nitrogens with zero attached hydrogens (tertiary/aromatic N) is 4. The fourth-order valence-electron chi connectivity index (χ4n) is 3.57. The maximum absolute atomic E-state index is 10.0. The van der Waals surface area contributed by atoms with Crippen LogP contribution < -0.4 is 15.8 Å². The Balaban J connectivity index is 1.56. The van der Waals surface area contributed by atoms with Gasteiger partial charge in [-0.05, 0) is 42.3 Å². The maximum atomic E-state index is 10.0. The van der Waals surface area contributed by atoms with Gasteiger partial charge in [0.25, 0.3) is 0 Å². The summed E-state index contributed by atoms with van der Waals surface area (Å²) < 4.78 is 5.45. The molecule has 192 valence electrons. The molecule has 0 amide bonds. The topological polar surface area (TPSA) is 161 Å². The summed E-state index contributed by atoms with van der Waals surface area (Å²) in [6.07, 6.45) is -0.989. The Morgan fingerprint density at radius 2 is 1.89 bits per heavy atom. The molecule has 0 aliphatic heterocycles. The molecular formula is C27H24N6O3S2. The predicted molar refractivity (Wildman–Crippen MR) is 148 cm³/mol. The van der Waals surface area contributed by atoms with Gasteiger partial charge in [-0.15, -0.1) is 11.3 Å². The summed E-state index contributed by atoms with van der Waals surface area (Å²) in [5, 5.41) is 44.6. The van der Waals surface area contributed by atoms with Gasteiger partial charge < -0.3 is 26.0 Å². The van der Waals surface area contributed by atoms with Crippen molar-refractivity contribution < 1.29 is 14.9 Å². The smallest absolute Gasteiger partial charge is 0.187 e. The van der Waals surface area contributed by atoms with E-state index >= 15 is 0 Å². The van der Waals surface area contributed by atoms with Gasteiger partial charge in [0.2, 0.25) is 0 Å². The average Bonchev–Trinajstić information content (AvgIpc) is 3.37. The SMILES string of the molecule is Cc1cccc(Nc2nc(CSc3nc(N)c(C#N)c(-c4ccc(OCC(O)CO)cc4)c3C#N)cs2)c1. The fourth-order valence-corrected chi connectivity index (χ4v) is 5.30. The summed E-state index contributed by atoms with van der Waals surface area (Å²) in [5.41, 5.74) is 10.4. The van der Waals surface area contributed by atoms with Gasteiger partial charge in [-0.1, -0.05) is 36.0 Å². The van der Waals surface area contributed by atoms with Crippen LogP contribution in [0, 0.1) is 29.6 Å². The number of pyridine rings is 1. The van der Waals surface area contributed by atoms with Crippen LogP contribution in [0.4, 0.5) is 16.6 Å². The number of thioether (sulfide) groups is 1. The lowest BCUT2D eigenvalue weighted by Gasteiger charge is -2.14. The van der Waals surface area contributed by atoms with Gasteiger partial charge in [0, 0.05) is 22.4 Å². The lowest BCUT2D eigenvalue weighted by atomic mass is 9.97. The Morgan fingerprint density at radius 3 is 2.58 bits per heavy atom. The third-order valence-corrected chi connectivity index (χ3v) is 7.21. The summed E-state index contributed by atoms with van der Waals surface area (Å²) in [5.74, 6) is 0.960. The molecule has 0 spiro atoms. The Hall–Kier alpha value is -4.13. The second-order valence-electron chi connectivity index (χ2n) is 8.25. The van der Waals surface area contributed by atoms with Crippen LogP contribution in [0.5, 0.6) is 5.75 Å². The summed E-state index contributed by atoms with van der Waals surface area (Å²) in [4.78, 5) is 8.99. The maximum Gasteiger partial charge on any atom is 0.187 e. The fraction of sp³-hybridized carbons (Fsp3) is 0.185. The number of anilines is 3. The standard InChI is InChI=1S/C27H24N6O3S2/c1-16-3-2-4-18(9-16)31-27-32-19(15-38-27)14-37-26-23(11-29)24(22(10-28)25(30)33-26)17-5-7-21(8-6-17)36-13-20(35)12-34/h2-9,15,20,34-35H,12-14H2,1H3,(H2,30,33)(H,31,32). The van der Waals surface area contributed by atoms with E-state index in [0.29, 0.717) is 27.7 Å². The van der Waals surface area contributed by atoms with Gasteiger partial charge >= 0.3 is 0 Å². The van der Waals surface area contributed by atoms with E-state index in [1.165, 1.54) is 23.1 Å². The van der Waals surface area contributed by atoms with Crippen LogP contribution in [0.15, 0.2) is 58.9 Å². The van der Waals surface area contributed by atoms with E-state index < -0.39 is 12.7 Å². The van der Waals surface area contributed by atoms with E-state index in [0.717, 1.165) is 22.1 Å². The molecule has 4 aromatic rings. The van der Waals surface area contributed by atoms with Crippen LogP contribution in [-0.2, 0) is 5.75 Å². The van der Waals surface area contributed by atoms with Crippen LogP contribution in [-0.4, -0.2) is 39.5 Å². The van der Waals surface area contributed by atoms with Crippen LogP contribution in [0.2, 0.25) is 0 Å². The molecule has 9 nitrogen and oxygen atoms in total. The molecule has 5 N–H and O–H groups in total. The van der Waals surface area contributed by atoms with Gasteiger partial charge in [0.05, 0.1) is 17.9 Å². The van der Waals surface area contributed by atoms with E-state index in [-0.39, 0.29) is 23.6 Å². The zero-order chi connectivity index (χ0) is 27.1. The lowest BCUT2D eigenvalue weighted by molar-refractivity contribution is 0.0536. The van der Waals surface area contributed by atoms with Crippen molar-refractivity contribution in [3.05, 3.63) is 76.3 Å². The molecule has 1 unspecified atom stereocenters. The number of thiazole rings is 1. The monoisotopic (exact) mass is 544 g/mol. The second-order valence-corrected chi connectivity index (χ2v) is 10.1. The Morgan fingerprint density at radius 1 is 1.13 bits per heavy atom. The van der Waals surface area contributed by atoms with Gasteiger partial charge in [0.1, 0.15) is 47.0 Å². The van der Waals surface area contributed by atoms with E-state index in [9.17, 15) is 15.6 Å². The molecule has 0 fully saturated rings. The first-order chi connectivity index (χ1) is 18.4. The number of ether oxygens (including phenoxy) is 1. The van der Waals surface area contributed by atoms with Gasteiger partial charge in [0.15, 0.2) is 5.13 Å². The normalized spacial score (nSPS) is 11.4. The van der Waals surface area contributed by atoms with Crippen molar-refractivity contribution in [2.75, 3.05) is 24.3 Å². The van der Waals surface area contributed by atoms with Crippen molar-refractivity contribution in [3.63, 3.8) is 0 Å². The highest BCUT2D eigenvalue weighted by molar-refractivity contribution is 7.98. The zero-order valence-corrected chi connectivity index (χ0v) is 22.0. The highest BCUT2D eigenvalue weighted by atomic mass is 32.2. The van der Waals surface area contributed by atoms with E-state index in [4.69, 9.17) is 15.6 Å². The number of hydrogen-bond donors (Lipinski definition) is 4. The number of nitrogen functional groups attached to an aromatic ring is 1. The first kappa shape index (κ1) is 26.9. The van der Waals surface area contributed by atoms with E-state index in [1.807, 2.05) is 36.6 Å². The molecule has 0 aliphatic carbocycles. The molecule has 11 heteroatoms. The highest BCUT2D eigenvalue weighted by Gasteiger charge is 2.21. The molecule has 1 atom stereocenters. The number of aliphatic hydroxyl groups excluding tert-OH is 2. The van der Waals surface area contributed by atoms with E-state index in [2.05, 4.69) is 27.4 Å². The molecular weight excluding hydrogens is 520 g/mol. The number of hydrogen-bond acceptors (Lipinski definition) is 11. The van der Waals surface area contributed by atoms with Crippen molar-refractivity contribution in [2.45, 2.75) is 23.8 Å². The van der Waals surface area contributed by atoms with Crippen molar-refractivity contribution >= 4 is 39.7 Å². The minimum atomic E-state index is -0.989. The zero-order valence-electron chi connectivity index (χ0n) is 20.4. The van der Waals surface area contributed by atoms with Crippen LogP contribution in [0.3, 0.4) is 0 Å². The number of nitrogens with one attached hydrogen (secondary N) is 1. The third-order valence-electron chi connectivity index (χ3n) is 5.39. The van der Waals surface area contributed by atoms with Crippen LogP contribution in [0.25, 0.3) is 11.1 Å². The number of nitrogens with two attached hydrogens (primary N) is 1. The molecule has 2 aromatic carbocycles. The van der Waals surface area contributed by atoms with Gasteiger partial charge in [-0.2, -0.15) is 10.5 Å². The number of aliphatic hydroxyl groups is 2. The molecule has 4 rings (SSSR count).